The van der Waals surface area contributed by atoms with Gasteiger partial charge in [-0.1, -0.05) is 0 Å². The summed E-state index contributed by atoms with van der Waals surface area (Å²) in [6.45, 7) is 2.13. The third kappa shape index (κ3) is 4.11. The van der Waals surface area contributed by atoms with Gasteiger partial charge in [0.15, 0.2) is 0 Å². The van der Waals surface area contributed by atoms with E-state index >= 15 is 0 Å². The molecule has 150 valence electrons. The van der Waals surface area contributed by atoms with Gasteiger partial charge in [-0.25, -0.2) is 0 Å². The normalized spacial score (nSPS) is 10.9. The zero-order valence-corrected chi connectivity index (χ0v) is 19.0. The molecule has 0 unspecified atom stereocenters. The van der Waals surface area contributed by atoms with Crippen molar-refractivity contribution in [3.8, 4) is 28.2 Å². The Morgan fingerprint density at radius 1 is 0.613 bits per heavy atom. The van der Waals surface area contributed by atoms with Crippen molar-refractivity contribution in [1.82, 2.24) is 9.78 Å². The molecule has 1 aromatic heterocycles. The molecule has 0 aliphatic heterocycles. The molecule has 3 heteroatoms. The Kier molecular flexibility index (Phi) is 5.54. The fourth-order valence-corrected chi connectivity index (χ4v) is 5.85. The van der Waals surface area contributed by atoms with E-state index in [0.29, 0.717) is 0 Å². The van der Waals surface area contributed by atoms with Gasteiger partial charge in [0.1, 0.15) is 0 Å². The molecule has 4 aromatic carbocycles. The molecular formula is C28H22N2Se. The summed E-state index contributed by atoms with van der Waals surface area (Å²) in [6.07, 6.45) is 0. The van der Waals surface area contributed by atoms with Gasteiger partial charge in [0.25, 0.3) is 0 Å². The molecule has 0 spiro atoms. The van der Waals surface area contributed by atoms with Crippen LogP contribution in [0.1, 0.15) is 5.56 Å². The molecular weight excluding hydrogens is 443 g/mol. The average Bonchev–Trinajstić information content (AvgIpc) is 3.21. The molecule has 0 atom stereocenters. The minimum atomic E-state index is 0.108. The zero-order chi connectivity index (χ0) is 21.0. The molecule has 2 nitrogen and oxygen atoms in total. The van der Waals surface area contributed by atoms with E-state index in [1.807, 2.05) is 6.07 Å². The number of para-hydroxylation sites is 1. The zero-order valence-electron chi connectivity index (χ0n) is 17.3. The van der Waals surface area contributed by atoms with Crippen LogP contribution in [0.2, 0.25) is 0 Å². The van der Waals surface area contributed by atoms with E-state index in [-0.39, 0.29) is 15.0 Å². The van der Waals surface area contributed by atoms with Gasteiger partial charge in [-0.2, -0.15) is 0 Å². The van der Waals surface area contributed by atoms with E-state index in [1.165, 1.54) is 25.7 Å². The van der Waals surface area contributed by atoms with Crippen molar-refractivity contribution in [3.63, 3.8) is 0 Å². The molecule has 0 radical (unpaired) electrons. The topological polar surface area (TPSA) is 17.8 Å². The number of hydrogen-bond donors (Lipinski definition) is 0. The second-order valence-electron chi connectivity index (χ2n) is 7.42. The van der Waals surface area contributed by atoms with Crippen LogP contribution >= 0.6 is 0 Å². The van der Waals surface area contributed by atoms with Crippen molar-refractivity contribution in [2.75, 3.05) is 0 Å². The first-order valence-electron chi connectivity index (χ1n) is 10.3. The van der Waals surface area contributed by atoms with Crippen molar-refractivity contribution in [1.29, 1.82) is 0 Å². The Labute approximate surface area is 189 Å². The van der Waals surface area contributed by atoms with E-state index < -0.39 is 0 Å². The maximum absolute atomic E-state index is 5.17. The number of aryl methyl sites for hydroxylation is 1. The summed E-state index contributed by atoms with van der Waals surface area (Å²) in [4.78, 5) is 0. The van der Waals surface area contributed by atoms with Gasteiger partial charge in [-0.05, 0) is 0 Å². The van der Waals surface area contributed by atoms with E-state index in [9.17, 15) is 0 Å². The Morgan fingerprint density at radius 3 is 1.77 bits per heavy atom. The summed E-state index contributed by atoms with van der Waals surface area (Å²) < 4.78 is 4.76. The molecule has 0 fully saturated rings. The van der Waals surface area contributed by atoms with E-state index in [2.05, 4.69) is 121 Å². The number of rotatable bonds is 5. The fraction of sp³-hybridized carbons (Fsp3) is 0.0357. The third-order valence-electron chi connectivity index (χ3n) is 5.18. The summed E-state index contributed by atoms with van der Waals surface area (Å²) in [5.74, 6) is 0. The second kappa shape index (κ2) is 8.77. The van der Waals surface area contributed by atoms with Crippen molar-refractivity contribution < 1.29 is 0 Å². The van der Waals surface area contributed by atoms with Crippen LogP contribution < -0.4 is 8.92 Å². The minimum absolute atomic E-state index is 0.108. The Balaban J connectivity index is 1.78. The standard InChI is InChI=1S/C28H22N2Se/c1-21-17-19-25(20-18-21)31-28-26(22-11-5-2-6-12-22)29-30(24-15-9-4-10-16-24)27(28)23-13-7-3-8-14-23/h2-20H,1H3. The molecule has 5 rings (SSSR count). The molecule has 0 saturated heterocycles. The first-order valence-corrected chi connectivity index (χ1v) is 12.0. The molecule has 31 heavy (non-hydrogen) atoms. The Hall–Kier alpha value is -3.39. The van der Waals surface area contributed by atoms with Crippen molar-refractivity contribution in [2.45, 2.75) is 6.92 Å². The van der Waals surface area contributed by atoms with Gasteiger partial charge in [0, 0.05) is 0 Å². The van der Waals surface area contributed by atoms with Crippen LogP contribution in [0.4, 0.5) is 0 Å². The number of nitrogens with zero attached hydrogens (tertiary/aromatic N) is 2. The van der Waals surface area contributed by atoms with Crippen LogP contribution in [0.5, 0.6) is 0 Å². The van der Waals surface area contributed by atoms with Gasteiger partial charge in [-0.3, -0.25) is 0 Å². The predicted octanol–water partition coefficient (Wildman–Crippen LogP) is 5.17. The van der Waals surface area contributed by atoms with E-state index in [4.69, 9.17) is 5.10 Å². The van der Waals surface area contributed by atoms with Crippen LogP contribution in [0.25, 0.3) is 28.2 Å². The summed E-state index contributed by atoms with van der Waals surface area (Å²) in [5, 5.41) is 5.17. The first kappa shape index (κ1) is 19.6. The molecule has 0 saturated carbocycles. The van der Waals surface area contributed by atoms with Crippen LogP contribution in [-0.2, 0) is 0 Å². The van der Waals surface area contributed by atoms with Gasteiger partial charge in [0.2, 0.25) is 0 Å². The molecule has 0 bridgehead atoms. The maximum atomic E-state index is 5.17. The molecule has 0 aliphatic rings. The van der Waals surface area contributed by atoms with Gasteiger partial charge < -0.3 is 0 Å². The van der Waals surface area contributed by atoms with Crippen molar-refractivity contribution in [3.05, 3.63) is 121 Å². The summed E-state index contributed by atoms with van der Waals surface area (Å²) in [7, 11) is 0. The van der Waals surface area contributed by atoms with Gasteiger partial charge in [-0.15, -0.1) is 0 Å². The van der Waals surface area contributed by atoms with Crippen LogP contribution in [0, 0.1) is 6.92 Å². The second-order valence-corrected chi connectivity index (χ2v) is 9.69. The predicted molar refractivity (Wildman–Crippen MR) is 131 cm³/mol. The molecule has 1 heterocycles. The summed E-state index contributed by atoms with van der Waals surface area (Å²) in [5.41, 5.74) is 6.93. The number of benzene rings is 4. The Morgan fingerprint density at radius 2 is 1.16 bits per heavy atom. The van der Waals surface area contributed by atoms with Crippen molar-refractivity contribution in [2.24, 2.45) is 0 Å². The molecule has 5 aromatic rings. The Bertz CT molecular complexity index is 1280. The quantitative estimate of drug-likeness (QED) is 0.328. The monoisotopic (exact) mass is 466 g/mol. The van der Waals surface area contributed by atoms with Crippen LogP contribution in [0.15, 0.2) is 115 Å². The van der Waals surface area contributed by atoms with Crippen LogP contribution in [0.3, 0.4) is 0 Å². The molecule has 0 N–H and O–H groups in total. The number of aromatic nitrogens is 2. The van der Waals surface area contributed by atoms with Crippen molar-refractivity contribution >= 4 is 23.9 Å². The number of hydrogen-bond acceptors (Lipinski definition) is 1. The van der Waals surface area contributed by atoms with Gasteiger partial charge >= 0.3 is 190 Å². The summed E-state index contributed by atoms with van der Waals surface area (Å²) >= 11 is 0.108. The molecule has 0 aliphatic carbocycles. The third-order valence-corrected chi connectivity index (χ3v) is 7.48. The fourth-order valence-electron chi connectivity index (χ4n) is 3.61. The summed E-state index contributed by atoms with van der Waals surface area (Å²) in [6, 6.07) is 40.5. The first-order chi connectivity index (χ1) is 15.3. The average molecular weight is 465 g/mol. The van der Waals surface area contributed by atoms with Gasteiger partial charge in [0.05, 0.1) is 0 Å². The van der Waals surface area contributed by atoms with E-state index in [1.54, 1.807) is 0 Å². The SMILES string of the molecule is Cc1ccc([Se]c2c(-c3ccccc3)nn(-c3ccccc3)c2-c2ccccc2)cc1. The van der Waals surface area contributed by atoms with E-state index in [0.717, 1.165) is 16.9 Å². The van der Waals surface area contributed by atoms with Crippen LogP contribution in [-0.4, -0.2) is 24.7 Å². The molecule has 0 amide bonds.